The molecule has 1 fully saturated rings. The molecule has 27 heavy (non-hydrogen) atoms. The molecule has 1 N–H and O–H groups in total. The first kappa shape index (κ1) is 18.1. The van der Waals surface area contributed by atoms with Crippen molar-refractivity contribution in [2.45, 2.75) is 6.92 Å². The van der Waals surface area contributed by atoms with E-state index in [0.29, 0.717) is 11.3 Å². The van der Waals surface area contributed by atoms with Gasteiger partial charge in [0, 0.05) is 42.9 Å². The average molecular weight is 428 g/mol. The minimum Gasteiger partial charge on any atom is -0.450 e. The molecule has 0 saturated carbocycles. The summed E-state index contributed by atoms with van der Waals surface area (Å²) in [7, 11) is 2.15. The number of likely N-dealkylation sites (N-methyl/N-ethyl adjacent to an activating group) is 1. The quantitative estimate of drug-likeness (QED) is 0.667. The van der Waals surface area contributed by atoms with Gasteiger partial charge in [-0.05, 0) is 65.8 Å². The highest BCUT2D eigenvalue weighted by Gasteiger charge is 2.17. The molecule has 0 bridgehead atoms. The number of hydrogen-bond acceptors (Lipinski definition) is 4. The van der Waals surface area contributed by atoms with Crippen molar-refractivity contribution in [1.82, 2.24) is 4.90 Å². The zero-order valence-corrected chi connectivity index (χ0v) is 17.0. The Balaban J connectivity index is 1.51. The number of amides is 1. The maximum absolute atomic E-state index is 12.6. The number of rotatable bonds is 3. The number of hydrogen-bond donors (Lipinski definition) is 1. The molecule has 0 spiro atoms. The Hall–Kier alpha value is -2.31. The molecule has 1 aliphatic heterocycles. The van der Waals surface area contributed by atoms with Gasteiger partial charge in [-0.25, -0.2) is 0 Å². The first-order valence-corrected chi connectivity index (χ1v) is 9.84. The largest absolute Gasteiger partial charge is 0.450 e. The van der Waals surface area contributed by atoms with Gasteiger partial charge in [0.1, 0.15) is 5.58 Å². The summed E-state index contributed by atoms with van der Waals surface area (Å²) in [5, 5.41) is 3.87. The normalized spacial score (nSPS) is 15.3. The third kappa shape index (κ3) is 3.73. The standard InChI is InChI=1S/C21H22BrN3O2/c1-14-12-16(25-10-8-24(2)9-11-25)6-7-18(14)23-21(26)19-13-15-4-3-5-17(22)20(15)27-19/h3-7,12-13H,8-11H2,1-2H3,(H,23,26). The Morgan fingerprint density at radius 1 is 1.11 bits per heavy atom. The van der Waals surface area contributed by atoms with E-state index in [1.165, 1.54) is 5.69 Å². The Kier molecular flexibility index (Phi) is 4.93. The number of fused-ring (bicyclic) bond motifs is 1. The van der Waals surface area contributed by atoms with Gasteiger partial charge in [-0.15, -0.1) is 0 Å². The highest BCUT2D eigenvalue weighted by Crippen LogP contribution is 2.28. The van der Waals surface area contributed by atoms with Crippen LogP contribution in [0.15, 0.2) is 51.4 Å². The number of anilines is 2. The third-order valence-corrected chi connectivity index (χ3v) is 5.67. The maximum Gasteiger partial charge on any atom is 0.291 e. The van der Waals surface area contributed by atoms with Gasteiger partial charge in [0.2, 0.25) is 0 Å². The van der Waals surface area contributed by atoms with Crippen LogP contribution in [0.25, 0.3) is 11.0 Å². The van der Waals surface area contributed by atoms with E-state index in [1.54, 1.807) is 6.07 Å². The molecule has 3 aromatic rings. The van der Waals surface area contributed by atoms with Gasteiger partial charge in [0.05, 0.1) is 4.47 Å². The molecule has 6 heteroatoms. The van der Waals surface area contributed by atoms with Gasteiger partial charge in [-0.3, -0.25) is 4.79 Å². The second-order valence-corrected chi connectivity index (χ2v) is 7.87. The molecule has 1 saturated heterocycles. The predicted octanol–water partition coefficient (Wildman–Crippen LogP) is 4.51. The molecule has 1 amide bonds. The van der Waals surface area contributed by atoms with E-state index in [4.69, 9.17) is 4.42 Å². The van der Waals surface area contributed by atoms with Gasteiger partial charge in [-0.2, -0.15) is 0 Å². The van der Waals surface area contributed by atoms with Gasteiger partial charge < -0.3 is 19.5 Å². The van der Waals surface area contributed by atoms with Crippen molar-refractivity contribution in [1.29, 1.82) is 0 Å². The molecule has 0 radical (unpaired) electrons. The third-order valence-electron chi connectivity index (χ3n) is 5.05. The average Bonchev–Trinajstić information content (AvgIpc) is 3.10. The molecule has 0 aliphatic carbocycles. The fourth-order valence-corrected chi connectivity index (χ4v) is 3.84. The lowest BCUT2D eigenvalue weighted by Crippen LogP contribution is -2.44. The number of carbonyl (C=O) groups is 1. The van der Waals surface area contributed by atoms with Crippen molar-refractivity contribution in [3.63, 3.8) is 0 Å². The molecule has 140 valence electrons. The topological polar surface area (TPSA) is 48.7 Å². The fourth-order valence-electron chi connectivity index (χ4n) is 3.37. The van der Waals surface area contributed by atoms with Crippen molar-refractivity contribution >= 4 is 44.2 Å². The van der Waals surface area contributed by atoms with Crippen molar-refractivity contribution in [3.8, 4) is 0 Å². The molecule has 0 atom stereocenters. The minimum absolute atomic E-state index is 0.242. The lowest BCUT2D eigenvalue weighted by atomic mass is 10.1. The van der Waals surface area contributed by atoms with Crippen molar-refractivity contribution in [2.24, 2.45) is 0 Å². The summed E-state index contributed by atoms with van der Waals surface area (Å²) in [5.74, 6) is 0.0630. The zero-order valence-electron chi connectivity index (χ0n) is 15.5. The van der Waals surface area contributed by atoms with Crippen LogP contribution in [0, 0.1) is 6.92 Å². The van der Waals surface area contributed by atoms with E-state index >= 15 is 0 Å². The molecule has 2 aromatic carbocycles. The van der Waals surface area contributed by atoms with Crippen LogP contribution in [0.2, 0.25) is 0 Å². The number of furan rings is 1. The Labute approximate surface area is 167 Å². The molecular weight excluding hydrogens is 406 g/mol. The van der Waals surface area contributed by atoms with Crippen LogP contribution in [0.3, 0.4) is 0 Å². The van der Waals surface area contributed by atoms with E-state index in [0.717, 1.165) is 47.3 Å². The van der Waals surface area contributed by atoms with Crippen LogP contribution in [0.1, 0.15) is 16.1 Å². The summed E-state index contributed by atoms with van der Waals surface area (Å²) >= 11 is 3.45. The van der Waals surface area contributed by atoms with E-state index in [1.807, 2.05) is 31.2 Å². The van der Waals surface area contributed by atoms with Crippen LogP contribution in [-0.4, -0.2) is 44.0 Å². The van der Waals surface area contributed by atoms with Gasteiger partial charge in [-0.1, -0.05) is 12.1 Å². The molecule has 0 unspecified atom stereocenters. The number of benzene rings is 2. The molecule has 1 aliphatic rings. The molecule has 1 aromatic heterocycles. The van der Waals surface area contributed by atoms with Crippen molar-refractivity contribution in [3.05, 3.63) is 58.3 Å². The summed E-state index contributed by atoms with van der Waals surface area (Å²) in [4.78, 5) is 17.4. The summed E-state index contributed by atoms with van der Waals surface area (Å²) in [5.41, 5.74) is 3.73. The van der Waals surface area contributed by atoms with Crippen LogP contribution in [0.5, 0.6) is 0 Å². The summed E-state index contributed by atoms with van der Waals surface area (Å²) < 4.78 is 6.57. The monoisotopic (exact) mass is 427 g/mol. The SMILES string of the molecule is Cc1cc(N2CCN(C)CC2)ccc1NC(=O)c1cc2cccc(Br)c2o1. The van der Waals surface area contributed by atoms with Crippen LogP contribution >= 0.6 is 15.9 Å². The number of nitrogens with zero attached hydrogens (tertiary/aromatic N) is 2. The smallest absolute Gasteiger partial charge is 0.291 e. The molecular formula is C21H22BrN3O2. The Bertz CT molecular complexity index is 990. The molecule has 4 rings (SSSR count). The number of piperazine rings is 1. The van der Waals surface area contributed by atoms with Gasteiger partial charge >= 0.3 is 0 Å². The molecule has 2 heterocycles. The van der Waals surface area contributed by atoms with Crippen molar-refractivity contribution in [2.75, 3.05) is 43.4 Å². The Morgan fingerprint density at radius 3 is 2.59 bits per heavy atom. The van der Waals surface area contributed by atoms with Crippen molar-refractivity contribution < 1.29 is 9.21 Å². The number of para-hydroxylation sites is 1. The summed E-state index contributed by atoms with van der Waals surface area (Å²) in [6.45, 7) is 6.20. The number of halogens is 1. The van der Waals surface area contributed by atoms with E-state index < -0.39 is 0 Å². The first-order valence-electron chi connectivity index (χ1n) is 9.05. The van der Waals surface area contributed by atoms with E-state index in [2.05, 4.69) is 50.2 Å². The first-order chi connectivity index (χ1) is 13.0. The zero-order chi connectivity index (χ0) is 19.0. The maximum atomic E-state index is 12.6. The fraction of sp³-hybridized carbons (Fsp3) is 0.286. The second-order valence-electron chi connectivity index (χ2n) is 7.01. The number of carbonyl (C=O) groups excluding carboxylic acids is 1. The Morgan fingerprint density at radius 2 is 1.89 bits per heavy atom. The number of aryl methyl sites for hydroxylation is 1. The highest BCUT2D eigenvalue weighted by molar-refractivity contribution is 9.10. The summed E-state index contributed by atoms with van der Waals surface area (Å²) in [6, 6.07) is 13.7. The summed E-state index contributed by atoms with van der Waals surface area (Å²) in [6.07, 6.45) is 0. The van der Waals surface area contributed by atoms with Crippen LogP contribution < -0.4 is 10.2 Å². The van der Waals surface area contributed by atoms with Gasteiger partial charge in [0.15, 0.2) is 5.76 Å². The highest BCUT2D eigenvalue weighted by atomic mass is 79.9. The minimum atomic E-state index is -0.242. The molecule has 5 nitrogen and oxygen atoms in total. The van der Waals surface area contributed by atoms with Gasteiger partial charge in [0.25, 0.3) is 5.91 Å². The van der Waals surface area contributed by atoms with E-state index in [-0.39, 0.29) is 5.91 Å². The van der Waals surface area contributed by atoms with E-state index in [9.17, 15) is 4.79 Å². The van der Waals surface area contributed by atoms with Crippen LogP contribution in [-0.2, 0) is 0 Å². The second kappa shape index (κ2) is 7.37. The number of nitrogens with one attached hydrogen (secondary N) is 1. The predicted molar refractivity (Wildman–Crippen MR) is 113 cm³/mol. The lowest BCUT2D eigenvalue weighted by Gasteiger charge is -2.34. The lowest BCUT2D eigenvalue weighted by molar-refractivity contribution is 0.0998. The van der Waals surface area contributed by atoms with Crippen LogP contribution in [0.4, 0.5) is 11.4 Å².